The van der Waals surface area contributed by atoms with Crippen LogP contribution in [0.4, 0.5) is 0 Å². The number of hydrogen-bond acceptors (Lipinski definition) is 7. The third-order valence-electron chi connectivity index (χ3n) is 4.98. The fourth-order valence-corrected chi connectivity index (χ4v) is 2.94. The van der Waals surface area contributed by atoms with E-state index >= 15 is 0 Å². The van der Waals surface area contributed by atoms with E-state index in [1.54, 1.807) is 6.92 Å². The monoisotopic (exact) mass is 488 g/mol. The lowest BCUT2D eigenvalue weighted by Crippen LogP contribution is -2.31. The summed E-state index contributed by atoms with van der Waals surface area (Å²) in [6.07, 6.45) is 4.46. The molecule has 0 aliphatic carbocycles. The molecule has 0 aromatic carbocycles. The van der Waals surface area contributed by atoms with Crippen LogP contribution in [0.2, 0.25) is 0 Å². The van der Waals surface area contributed by atoms with E-state index in [4.69, 9.17) is 5.11 Å². The second kappa shape index (κ2) is 19.7. The molecule has 0 atom stereocenters. The molecule has 0 saturated carbocycles. The number of hydrogen-bond donors (Lipinski definition) is 5. The molecule has 12 heteroatoms. The number of carbonyl (C=O) groups is 5. The summed E-state index contributed by atoms with van der Waals surface area (Å²) in [7, 11) is 0. The molecule has 196 valence electrons. The predicted octanol–water partition coefficient (Wildman–Crippen LogP) is 1.44. The van der Waals surface area contributed by atoms with Gasteiger partial charge in [-0.2, -0.15) is 0 Å². The molecule has 0 fully saturated rings. The molecule has 0 saturated heterocycles. The van der Waals surface area contributed by atoms with Crippen molar-refractivity contribution < 1.29 is 39.5 Å². The van der Waals surface area contributed by atoms with Gasteiger partial charge in [0.25, 0.3) is 0 Å². The SMILES string of the molecule is CCC(=O)N(O)CCCCCNC(=O)CCC(=O)N(O)CCCCCNC(=O)CCCC(=O)O. The highest BCUT2D eigenvalue weighted by Gasteiger charge is 2.13. The van der Waals surface area contributed by atoms with Crippen molar-refractivity contribution in [3.8, 4) is 0 Å². The highest BCUT2D eigenvalue weighted by Crippen LogP contribution is 2.02. The van der Waals surface area contributed by atoms with Gasteiger partial charge >= 0.3 is 5.97 Å². The first kappa shape index (κ1) is 31.3. The van der Waals surface area contributed by atoms with E-state index in [1.807, 2.05) is 0 Å². The summed E-state index contributed by atoms with van der Waals surface area (Å²) in [5, 5.41) is 34.4. The van der Waals surface area contributed by atoms with Crippen LogP contribution < -0.4 is 10.6 Å². The molecule has 0 radical (unpaired) electrons. The average Bonchev–Trinajstić information content (AvgIpc) is 2.80. The number of rotatable bonds is 20. The van der Waals surface area contributed by atoms with E-state index < -0.39 is 11.9 Å². The topological polar surface area (TPSA) is 177 Å². The van der Waals surface area contributed by atoms with E-state index in [1.165, 1.54) is 0 Å². The van der Waals surface area contributed by atoms with Crippen LogP contribution in [0.5, 0.6) is 0 Å². The van der Waals surface area contributed by atoms with Crippen molar-refractivity contribution in [1.29, 1.82) is 0 Å². The van der Waals surface area contributed by atoms with Gasteiger partial charge in [-0.15, -0.1) is 0 Å². The van der Waals surface area contributed by atoms with E-state index in [0.29, 0.717) is 61.7 Å². The van der Waals surface area contributed by atoms with Crippen molar-refractivity contribution in [2.24, 2.45) is 0 Å². The maximum Gasteiger partial charge on any atom is 0.303 e. The van der Waals surface area contributed by atoms with Gasteiger partial charge in [-0.05, 0) is 44.9 Å². The fourth-order valence-electron chi connectivity index (χ4n) is 2.94. The van der Waals surface area contributed by atoms with Crippen LogP contribution in [0.25, 0.3) is 0 Å². The molecule has 12 nitrogen and oxygen atoms in total. The number of carboxylic acid groups (broad SMARTS) is 1. The third kappa shape index (κ3) is 17.8. The zero-order valence-electron chi connectivity index (χ0n) is 20.1. The minimum Gasteiger partial charge on any atom is -0.481 e. The van der Waals surface area contributed by atoms with Gasteiger partial charge in [-0.1, -0.05) is 6.92 Å². The van der Waals surface area contributed by atoms with E-state index in [0.717, 1.165) is 6.42 Å². The Morgan fingerprint density at radius 2 is 1.12 bits per heavy atom. The summed E-state index contributed by atoms with van der Waals surface area (Å²) in [4.78, 5) is 56.8. The van der Waals surface area contributed by atoms with Crippen molar-refractivity contribution >= 4 is 29.6 Å². The van der Waals surface area contributed by atoms with Crippen molar-refractivity contribution in [2.75, 3.05) is 26.2 Å². The molecule has 34 heavy (non-hydrogen) atoms. The van der Waals surface area contributed by atoms with Gasteiger partial charge in [-0.3, -0.25) is 34.4 Å². The maximum absolute atomic E-state index is 11.9. The lowest BCUT2D eigenvalue weighted by Gasteiger charge is -2.15. The minimum absolute atomic E-state index is 0.0285. The standard InChI is InChI=1S/C22H40N4O8/c1-2-20(29)25(33)16-7-3-6-15-24-19(28)12-13-21(30)26(34)17-8-4-5-14-23-18(27)10-9-11-22(31)32/h33-34H,2-17H2,1H3,(H,23,27)(H,24,28)(H,31,32). The summed E-state index contributed by atoms with van der Waals surface area (Å²) in [6, 6.07) is 0. The fraction of sp³-hybridized carbons (Fsp3) is 0.773. The van der Waals surface area contributed by atoms with Gasteiger partial charge in [-0.25, -0.2) is 10.1 Å². The highest BCUT2D eigenvalue weighted by molar-refractivity contribution is 5.83. The lowest BCUT2D eigenvalue weighted by molar-refractivity contribution is -0.166. The number of hydroxylamine groups is 4. The molecule has 0 spiro atoms. The number of nitrogens with zero attached hydrogens (tertiary/aromatic N) is 2. The molecule has 0 aliphatic rings. The quantitative estimate of drug-likeness (QED) is 0.0971. The number of amides is 4. The van der Waals surface area contributed by atoms with Crippen molar-refractivity contribution in [3.05, 3.63) is 0 Å². The molecule has 0 unspecified atom stereocenters. The summed E-state index contributed by atoms with van der Waals surface area (Å²) < 4.78 is 0. The molecule has 0 heterocycles. The Kier molecular flexibility index (Phi) is 18.1. The molecule has 0 aliphatic heterocycles. The van der Waals surface area contributed by atoms with Gasteiger partial charge in [0.15, 0.2) is 0 Å². The van der Waals surface area contributed by atoms with Crippen LogP contribution in [-0.2, 0) is 24.0 Å². The number of carbonyl (C=O) groups excluding carboxylic acids is 4. The van der Waals surface area contributed by atoms with Crippen molar-refractivity contribution in [2.45, 2.75) is 84.0 Å². The molecule has 0 aromatic rings. The second-order valence-electron chi connectivity index (χ2n) is 7.96. The maximum atomic E-state index is 11.9. The van der Waals surface area contributed by atoms with E-state index in [-0.39, 0.29) is 62.9 Å². The van der Waals surface area contributed by atoms with Crippen molar-refractivity contribution in [3.63, 3.8) is 0 Å². The molecule has 5 N–H and O–H groups in total. The average molecular weight is 489 g/mol. The Bertz CT molecular complexity index is 644. The summed E-state index contributed by atoms with van der Waals surface area (Å²) >= 11 is 0. The van der Waals surface area contributed by atoms with Crippen LogP contribution in [0, 0.1) is 0 Å². The van der Waals surface area contributed by atoms with Crippen LogP contribution >= 0.6 is 0 Å². The summed E-state index contributed by atoms with van der Waals surface area (Å²) in [6.45, 7) is 2.93. The minimum atomic E-state index is -0.929. The van der Waals surface area contributed by atoms with Crippen LogP contribution in [0.3, 0.4) is 0 Å². The Morgan fingerprint density at radius 3 is 1.62 bits per heavy atom. The van der Waals surface area contributed by atoms with Gasteiger partial charge in [0.2, 0.25) is 23.6 Å². The van der Waals surface area contributed by atoms with Crippen LogP contribution in [-0.4, -0.2) is 81.4 Å². The normalized spacial score (nSPS) is 10.4. The van der Waals surface area contributed by atoms with E-state index in [9.17, 15) is 34.4 Å². The Balaban J connectivity index is 3.68. The molecular formula is C22H40N4O8. The Morgan fingerprint density at radius 1 is 0.618 bits per heavy atom. The largest absolute Gasteiger partial charge is 0.481 e. The van der Waals surface area contributed by atoms with Gasteiger partial charge < -0.3 is 15.7 Å². The smallest absolute Gasteiger partial charge is 0.303 e. The molecule has 0 aromatic heterocycles. The molecule has 4 amide bonds. The zero-order valence-corrected chi connectivity index (χ0v) is 20.1. The van der Waals surface area contributed by atoms with Crippen LogP contribution in [0.15, 0.2) is 0 Å². The molecule has 0 rings (SSSR count). The molecular weight excluding hydrogens is 448 g/mol. The molecule has 0 bridgehead atoms. The first-order valence-electron chi connectivity index (χ1n) is 11.9. The van der Waals surface area contributed by atoms with Gasteiger partial charge in [0, 0.05) is 58.3 Å². The van der Waals surface area contributed by atoms with Gasteiger partial charge in [0.1, 0.15) is 0 Å². The number of aliphatic carboxylic acids is 1. The predicted molar refractivity (Wildman–Crippen MR) is 122 cm³/mol. The second-order valence-corrected chi connectivity index (χ2v) is 7.96. The third-order valence-corrected chi connectivity index (χ3v) is 4.98. The number of nitrogens with one attached hydrogen (secondary N) is 2. The number of carboxylic acids is 1. The van der Waals surface area contributed by atoms with Crippen molar-refractivity contribution in [1.82, 2.24) is 20.8 Å². The summed E-state index contributed by atoms with van der Waals surface area (Å²) in [5.74, 6) is -2.28. The Hall–Kier alpha value is -2.73. The number of unbranched alkanes of at least 4 members (excludes halogenated alkanes) is 4. The zero-order chi connectivity index (χ0) is 25.8. The highest BCUT2D eigenvalue weighted by atomic mass is 16.5. The lowest BCUT2D eigenvalue weighted by atomic mass is 10.2. The summed E-state index contributed by atoms with van der Waals surface area (Å²) in [5.41, 5.74) is 0. The van der Waals surface area contributed by atoms with Gasteiger partial charge in [0.05, 0.1) is 0 Å². The first-order valence-corrected chi connectivity index (χ1v) is 11.9. The first-order chi connectivity index (χ1) is 16.2. The Labute approximate surface area is 200 Å². The van der Waals surface area contributed by atoms with E-state index in [2.05, 4.69) is 10.6 Å². The van der Waals surface area contributed by atoms with Crippen LogP contribution in [0.1, 0.15) is 84.0 Å².